The van der Waals surface area contributed by atoms with Crippen molar-refractivity contribution in [1.82, 2.24) is 9.55 Å². The maximum Gasteiger partial charge on any atom is 0.387 e. The minimum Gasteiger partial charge on any atom is -0.435 e. The van der Waals surface area contributed by atoms with Gasteiger partial charge in [-0.3, -0.25) is 0 Å². The van der Waals surface area contributed by atoms with E-state index >= 15 is 0 Å². The van der Waals surface area contributed by atoms with Crippen molar-refractivity contribution in [1.29, 1.82) is 0 Å². The second kappa shape index (κ2) is 5.11. The second-order valence-corrected chi connectivity index (χ2v) is 4.80. The average molecular weight is 279 g/mol. The van der Waals surface area contributed by atoms with Crippen LogP contribution in [0.5, 0.6) is 5.75 Å². The zero-order valence-electron chi connectivity index (χ0n) is 11.0. The third-order valence-electron chi connectivity index (χ3n) is 3.36. The van der Waals surface area contributed by atoms with Crippen LogP contribution in [0.2, 0.25) is 0 Å². The molecule has 0 bridgehead atoms. The SMILES string of the molecule is Cc1cn2c(n1)NCCC2c1cccc(OC(F)F)c1. The van der Waals surface area contributed by atoms with Crippen LogP contribution in [0.3, 0.4) is 0 Å². The van der Waals surface area contributed by atoms with E-state index in [0.29, 0.717) is 0 Å². The molecule has 2 heterocycles. The number of alkyl halides is 2. The van der Waals surface area contributed by atoms with Crippen LogP contribution in [0, 0.1) is 6.92 Å². The van der Waals surface area contributed by atoms with E-state index in [1.54, 1.807) is 12.1 Å². The zero-order chi connectivity index (χ0) is 14.1. The summed E-state index contributed by atoms with van der Waals surface area (Å²) in [6.07, 6.45) is 2.84. The van der Waals surface area contributed by atoms with Gasteiger partial charge in [-0.25, -0.2) is 4.98 Å². The van der Waals surface area contributed by atoms with E-state index in [-0.39, 0.29) is 11.8 Å². The van der Waals surface area contributed by atoms with Gasteiger partial charge in [0.15, 0.2) is 0 Å². The first kappa shape index (κ1) is 12.9. The van der Waals surface area contributed by atoms with Crippen molar-refractivity contribution in [3.05, 3.63) is 41.7 Å². The van der Waals surface area contributed by atoms with Crippen LogP contribution in [0.15, 0.2) is 30.5 Å². The van der Waals surface area contributed by atoms with Gasteiger partial charge in [0.25, 0.3) is 0 Å². The fraction of sp³-hybridized carbons (Fsp3) is 0.357. The molecule has 0 fully saturated rings. The van der Waals surface area contributed by atoms with Crippen LogP contribution < -0.4 is 10.1 Å². The van der Waals surface area contributed by atoms with Crippen LogP contribution in [0.4, 0.5) is 14.7 Å². The van der Waals surface area contributed by atoms with E-state index < -0.39 is 6.61 Å². The molecule has 0 saturated heterocycles. The fourth-order valence-electron chi connectivity index (χ4n) is 2.57. The molecule has 0 amide bonds. The fourth-order valence-corrected chi connectivity index (χ4v) is 2.57. The number of hydrogen-bond donors (Lipinski definition) is 1. The largest absolute Gasteiger partial charge is 0.435 e. The Labute approximate surface area is 115 Å². The molecule has 1 aromatic heterocycles. The first-order chi connectivity index (χ1) is 9.63. The number of imidazole rings is 1. The van der Waals surface area contributed by atoms with E-state index in [1.807, 2.05) is 23.8 Å². The quantitative estimate of drug-likeness (QED) is 0.937. The van der Waals surface area contributed by atoms with Crippen molar-refractivity contribution in [3.8, 4) is 5.75 Å². The lowest BCUT2D eigenvalue weighted by Crippen LogP contribution is -2.23. The summed E-state index contributed by atoms with van der Waals surface area (Å²) in [5.41, 5.74) is 1.88. The van der Waals surface area contributed by atoms with Crippen LogP contribution in [-0.4, -0.2) is 22.7 Å². The summed E-state index contributed by atoms with van der Waals surface area (Å²) < 4.78 is 31.1. The molecule has 1 atom stereocenters. The lowest BCUT2D eigenvalue weighted by molar-refractivity contribution is -0.0499. The summed E-state index contributed by atoms with van der Waals surface area (Å²) in [6, 6.07) is 6.96. The van der Waals surface area contributed by atoms with Gasteiger partial charge < -0.3 is 14.6 Å². The molecule has 0 radical (unpaired) electrons. The molecule has 1 N–H and O–H groups in total. The summed E-state index contributed by atoms with van der Waals surface area (Å²) in [6.45, 7) is -0.0640. The van der Waals surface area contributed by atoms with E-state index in [9.17, 15) is 8.78 Å². The number of halogens is 2. The smallest absolute Gasteiger partial charge is 0.387 e. The highest BCUT2D eigenvalue weighted by Crippen LogP contribution is 2.31. The third-order valence-corrected chi connectivity index (χ3v) is 3.36. The molecule has 2 aromatic rings. The average Bonchev–Trinajstić information content (AvgIpc) is 2.78. The van der Waals surface area contributed by atoms with Gasteiger partial charge >= 0.3 is 6.61 Å². The van der Waals surface area contributed by atoms with E-state index in [4.69, 9.17) is 0 Å². The first-order valence-electron chi connectivity index (χ1n) is 6.47. The molecular weight excluding hydrogens is 264 g/mol. The summed E-state index contributed by atoms with van der Waals surface area (Å²) in [4.78, 5) is 4.40. The molecule has 4 nitrogen and oxygen atoms in total. The monoisotopic (exact) mass is 279 g/mol. The Morgan fingerprint density at radius 1 is 1.45 bits per heavy atom. The molecule has 0 saturated carbocycles. The number of aromatic nitrogens is 2. The number of nitrogens with zero attached hydrogens (tertiary/aromatic N) is 2. The number of anilines is 1. The number of rotatable bonds is 3. The molecule has 1 unspecified atom stereocenters. The Balaban J connectivity index is 1.93. The second-order valence-electron chi connectivity index (χ2n) is 4.80. The zero-order valence-corrected chi connectivity index (χ0v) is 11.0. The van der Waals surface area contributed by atoms with Gasteiger partial charge in [0.1, 0.15) is 5.75 Å². The van der Waals surface area contributed by atoms with E-state index in [2.05, 4.69) is 15.0 Å². The van der Waals surface area contributed by atoms with Crippen LogP contribution >= 0.6 is 0 Å². The number of hydrogen-bond acceptors (Lipinski definition) is 3. The van der Waals surface area contributed by atoms with Gasteiger partial charge in [-0.05, 0) is 31.0 Å². The lowest BCUT2D eigenvalue weighted by Gasteiger charge is -2.26. The van der Waals surface area contributed by atoms with Gasteiger partial charge in [0.05, 0.1) is 11.7 Å². The van der Waals surface area contributed by atoms with Gasteiger partial charge in [0.2, 0.25) is 5.95 Å². The number of ether oxygens (including phenoxy) is 1. The standard InChI is InChI=1S/C14H15F2N3O/c1-9-8-19-12(5-6-17-14(19)18-9)10-3-2-4-11(7-10)20-13(15)16/h2-4,7-8,12-13H,5-6H2,1H3,(H,17,18). The molecule has 106 valence electrons. The van der Waals surface area contributed by atoms with Crippen LogP contribution in [0.25, 0.3) is 0 Å². The molecule has 0 aliphatic carbocycles. The molecule has 1 aliphatic heterocycles. The number of fused-ring (bicyclic) bond motifs is 1. The Morgan fingerprint density at radius 2 is 2.30 bits per heavy atom. The predicted octanol–water partition coefficient (Wildman–Crippen LogP) is 3.20. The summed E-state index contributed by atoms with van der Waals surface area (Å²) >= 11 is 0. The van der Waals surface area contributed by atoms with Crippen LogP contribution in [0.1, 0.15) is 23.7 Å². The highest BCUT2D eigenvalue weighted by molar-refractivity contribution is 5.38. The molecule has 6 heteroatoms. The summed E-state index contributed by atoms with van der Waals surface area (Å²) in [5.74, 6) is 1.01. The van der Waals surface area contributed by atoms with Crippen LogP contribution in [-0.2, 0) is 0 Å². The highest BCUT2D eigenvalue weighted by Gasteiger charge is 2.22. The van der Waals surface area contributed by atoms with Crippen molar-refractivity contribution >= 4 is 5.95 Å². The van der Waals surface area contributed by atoms with Crippen molar-refractivity contribution in [2.24, 2.45) is 0 Å². The van der Waals surface area contributed by atoms with Crippen molar-refractivity contribution < 1.29 is 13.5 Å². The molecular formula is C14H15F2N3O. The lowest BCUT2D eigenvalue weighted by atomic mass is 10.0. The topological polar surface area (TPSA) is 39.1 Å². The predicted molar refractivity (Wildman–Crippen MR) is 71.3 cm³/mol. The van der Waals surface area contributed by atoms with Crippen molar-refractivity contribution in [2.75, 3.05) is 11.9 Å². The molecule has 1 aliphatic rings. The summed E-state index contributed by atoms with van der Waals surface area (Å²) in [5, 5.41) is 3.23. The maximum absolute atomic E-state index is 12.3. The molecule has 0 spiro atoms. The van der Waals surface area contributed by atoms with Crippen molar-refractivity contribution in [2.45, 2.75) is 26.0 Å². The first-order valence-corrected chi connectivity index (χ1v) is 6.47. The van der Waals surface area contributed by atoms with Gasteiger partial charge in [-0.1, -0.05) is 12.1 Å². The molecule has 20 heavy (non-hydrogen) atoms. The highest BCUT2D eigenvalue weighted by atomic mass is 19.3. The Morgan fingerprint density at radius 3 is 3.10 bits per heavy atom. The number of benzene rings is 1. The Hall–Kier alpha value is -2.11. The van der Waals surface area contributed by atoms with Gasteiger partial charge in [0, 0.05) is 12.7 Å². The molecule has 1 aromatic carbocycles. The van der Waals surface area contributed by atoms with E-state index in [1.165, 1.54) is 6.07 Å². The third kappa shape index (κ3) is 2.45. The molecule has 3 rings (SSSR count). The van der Waals surface area contributed by atoms with Crippen molar-refractivity contribution in [3.63, 3.8) is 0 Å². The Bertz CT molecular complexity index is 612. The minimum atomic E-state index is -2.80. The van der Waals surface area contributed by atoms with Gasteiger partial charge in [-0.2, -0.15) is 8.78 Å². The number of nitrogens with one attached hydrogen (secondary N) is 1. The Kier molecular flexibility index (Phi) is 3.30. The summed E-state index contributed by atoms with van der Waals surface area (Å²) in [7, 11) is 0. The van der Waals surface area contributed by atoms with Gasteiger partial charge in [-0.15, -0.1) is 0 Å². The normalized spacial score (nSPS) is 17.7. The number of aryl methyl sites for hydroxylation is 1. The van der Waals surface area contributed by atoms with E-state index in [0.717, 1.165) is 30.2 Å². The minimum absolute atomic E-state index is 0.0914. The maximum atomic E-state index is 12.3.